The number of hydrogen-bond donors (Lipinski definition) is 0. The lowest BCUT2D eigenvalue weighted by Crippen LogP contribution is -2.13. The van der Waals surface area contributed by atoms with Crippen molar-refractivity contribution in [2.75, 3.05) is 13.4 Å². The average molecular weight is 336 g/mol. The van der Waals surface area contributed by atoms with E-state index < -0.39 is 0 Å². The van der Waals surface area contributed by atoms with Crippen LogP contribution in [0.3, 0.4) is 0 Å². The summed E-state index contributed by atoms with van der Waals surface area (Å²) in [4.78, 5) is 6.16. The summed E-state index contributed by atoms with van der Waals surface area (Å²) in [5.41, 5.74) is 6.04. The van der Waals surface area contributed by atoms with Crippen LogP contribution in [0.25, 0.3) is 16.9 Å². The fraction of sp³-hybridized carbons (Fsp3) is 0.250. The Kier molecular flexibility index (Phi) is 3.85. The van der Waals surface area contributed by atoms with Crippen molar-refractivity contribution in [1.82, 2.24) is 9.55 Å². The van der Waals surface area contributed by atoms with Crippen molar-refractivity contribution < 1.29 is 4.74 Å². The molecular formula is C20H20N2OS. The molecule has 1 aliphatic heterocycles. The third kappa shape index (κ3) is 2.42. The number of fused-ring (bicyclic) bond motifs is 3. The van der Waals surface area contributed by atoms with E-state index in [0.717, 1.165) is 35.7 Å². The van der Waals surface area contributed by atoms with Crippen LogP contribution in [0.2, 0.25) is 0 Å². The molecule has 2 aromatic carbocycles. The van der Waals surface area contributed by atoms with Gasteiger partial charge in [0.1, 0.15) is 11.6 Å². The maximum Gasteiger partial charge on any atom is 0.119 e. The zero-order valence-corrected chi connectivity index (χ0v) is 15.0. The quantitative estimate of drug-likeness (QED) is 0.650. The summed E-state index contributed by atoms with van der Waals surface area (Å²) < 4.78 is 7.73. The predicted molar refractivity (Wildman–Crippen MR) is 99.5 cm³/mol. The first-order valence-corrected chi connectivity index (χ1v) is 9.33. The summed E-state index contributed by atoms with van der Waals surface area (Å²) in [7, 11) is 1.71. The highest BCUT2D eigenvalue weighted by Crippen LogP contribution is 2.35. The van der Waals surface area contributed by atoms with E-state index in [0.29, 0.717) is 0 Å². The number of imidazole rings is 1. The molecule has 24 heavy (non-hydrogen) atoms. The van der Waals surface area contributed by atoms with Gasteiger partial charge in [0.05, 0.1) is 24.2 Å². The molecule has 0 radical (unpaired) electrons. The summed E-state index contributed by atoms with van der Waals surface area (Å²) in [5, 5.41) is 0. The second-order valence-electron chi connectivity index (χ2n) is 6.02. The van der Waals surface area contributed by atoms with Crippen LogP contribution in [0.4, 0.5) is 0 Å². The first kappa shape index (κ1) is 15.3. The lowest BCUT2D eigenvalue weighted by molar-refractivity contribution is 0.415. The van der Waals surface area contributed by atoms with E-state index in [-0.39, 0.29) is 0 Å². The summed E-state index contributed by atoms with van der Waals surface area (Å²) >= 11 is 1.79. The van der Waals surface area contributed by atoms with Crippen LogP contribution in [0.15, 0.2) is 47.4 Å². The summed E-state index contributed by atoms with van der Waals surface area (Å²) in [6.07, 6.45) is 4.16. The van der Waals surface area contributed by atoms with Gasteiger partial charge >= 0.3 is 0 Å². The van der Waals surface area contributed by atoms with Crippen molar-refractivity contribution in [1.29, 1.82) is 0 Å². The predicted octanol–water partition coefficient (Wildman–Crippen LogP) is 4.68. The molecule has 2 heterocycles. The molecule has 4 heteroatoms. The van der Waals surface area contributed by atoms with E-state index >= 15 is 0 Å². The van der Waals surface area contributed by atoms with Crippen LogP contribution in [-0.4, -0.2) is 22.9 Å². The molecule has 0 N–H and O–H groups in total. The van der Waals surface area contributed by atoms with Gasteiger partial charge < -0.3 is 4.74 Å². The lowest BCUT2D eigenvalue weighted by atomic mass is 10.0. The van der Waals surface area contributed by atoms with Gasteiger partial charge in [-0.3, -0.25) is 4.57 Å². The maximum absolute atomic E-state index is 5.40. The number of aryl methyl sites for hydroxylation is 3. The molecule has 122 valence electrons. The first-order chi connectivity index (χ1) is 11.7. The van der Waals surface area contributed by atoms with E-state index in [2.05, 4.69) is 48.1 Å². The standard InChI is InChI=1S/C20H20N2OS/c1-13-20(15-5-4-6-16(11-15)23-2)22-18-9-8-17(24-3)12-14(18)7-10-19(22)21-13/h4-6,8-9,11-12H,7,10H2,1-3H3. The molecule has 0 saturated heterocycles. The molecule has 3 aromatic rings. The minimum Gasteiger partial charge on any atom is -0.497 e. The molecule has 0 saturated carbocycles. The summed E-state index contributed by atoms with van der Waals surface area (Å²) in [5.74, 6) is 2.02. The number of aromatic nitrogens is 2. The normalized spacial score (nSPS) is 12.6. The van der Waals surface area contributed by atoms with Gasteiger partial charge in [-0.25, -0.2) is 4.98 Å². The van der Waals surface area contributed by atoms with E-state index in [1.54, 1.807) is 18.9 Å². The van der Waals surface area contributed by atoms with Crippen LogP contribution >= 0.6 is 11.8 Å². The number of methoxy groups -OCH3 is 1. The van der Waals surface area contributed by atoms with Gasteiger partial charge in [-0.15, -0.1) is 11.8 Å². The Balaban J connectivity index is 1.93. The zero-order chi connectivity index (χ0) is 16.7. The highest BCUT2D eigenvalue weighted by Gasteiger charge is 2.23. The Labute approximate surface area is 146 Å². The number of nitrogens with zero attached hydrogens (tertiary/aromatic N) is 2. The minimum absolute atomic E-state index is 0.871. The van der Waals surface area contributed by atoms with Crippen LogP contribution in [0, 0.1) is 6.92 Å². The van der Waals surface area contributed by atoms with E-state index in [1.807, 2.05) is 12.1 Å². The molecule has 3 nitrogen and oxygen atoms in total. The van der Waals surface area contributed by atoms with Gasteiger partial charge in [-0.1, -0.05) is 12.1 Å². The highest BCUT2D eigenvalue weighted by molar-refractivity contribution is 7.98. The largest absolute Gasteiger partial charge is 0.497 e. The minimum atomic E-state index is 0.871. The van der Waals surface area contributed by atoms with Crippen molar-refractivity contribution in [3.8, 4) is 22.7 Å². The first-order valence-electron chi connectivity index (χ1n) is 8.11. The number of rotatable bonds is 3. The molecule has 0 spiro atoms. The fourth-order valence-corrected chi connectivity index (χ4v) is 3.94. The van der Waals surface area contributed by atoms with E-state index in [9.17, 15) is 0 Å². The van der Waals surface area contributed by atoms with Crippen molar-refractivity contribution >= 4 is 11.8 Å². The Hall–Kier alpha value is -2.20. The smallest absolute Gasteiger partial charge is 0.119 e. The SMILES string of the molecule is COc1cccc(-c2c(C)nc3n2-c2ccc(SC)cc2CC3)c1. The third-order valence-electron chi connectivity index (χ3n) is 4.61. The average Bonchev–Trinajstić information content (AvgIpc) is 2.97. The van der Waals surface area contributed by atoms with Gasteiger partial charge in [-0.2, -0.15) is 0 Å². The topological polar surface area (TPSA) is 27.1 Å². The van der Waals surface area contributed by atoms with Crippen LogP contribution in [-0.2, 0) is 12.8 Å². The third-order valence-corrected chi connectivity index (χ3v) is 5.34. The second-order valence-corrected chi connectivity index (χ2v) is 6.90. The summed E-state index contributed by atoms with van der Waals surface area (Å²) in [6, 6.07) is 15.0. The van der Waals surface area contributed by atoms with E-state index in [4.69, 9.17) is 9.72 Å². The molecule has 0 unspecified atom stereocenters. The van der Waals surface area contributed by atoms with Crippen molar-refractivity contribution in [2.24, 2.45) is 0 Å². The molecule has 1 aliphatic rings. The summed E-state index contributed by atoms with van der Waals surface area (Å²) in [6.45, 7) is 2.09. The number of hydrogen-bond acceptors (Lipinski definition) is 3. The maximum atomic E-state index is 5.40. The second kappa shape index (κ2) is 6.02. The number of thioether (sulfide) groups is 1. The zero-order valence-electron chi connectivity index (χ0n) is 14.2. The number of ether oxygens (including phenoxy) is 1. The molecular weight excluding hydrogens is 316 g/mol. The van der Waals surface area contributed by atoms with Crippen molar-refractivity contribution in [3.05, 3.63) is 59.5 Å². The molecule has 1 aromatic heterocycles. The van der Waals surface area contributed by atoms with Gasteiger partial charge in [0.2, 0.25) is 0 Å². The Morgan fingerprint density at radius 2 is 2.00 bits per heavy atom. The molecule has 4 rings (SSSR count). The highest BCUT2D eigenvalue weighted by atomic mass is 32.2. The van der Waals surface area contributed by atoms with Gasteiger partial charge in [0.15, 0.2) is 0 Å². The van der Waals surface area contributed by atoms with Gasteiger partial charge in [-0.05, 0) is 55.5 Å². The van der Waals surface area contributed by atoms with Gasteiger partial charge in [0, 0.05) is 16.9 Å². The monoisotopic (exact) mass is 336 g/mol. The van der Waals surface area contributed by atoms with Crippen molar-refractivity contribution in [2.45, 2.75) is 24.7 Å². The fourth-order valence-electron chi connectivity index (χ4n) is 3.48. The van der Waals surface area contributed by atoms with Crippen LogP contribution in [0.5, 0.6) is 5.75 Å². The molecule has 0 aliphatic carbocycles. The van der Waals surface area contributed by atoms with Gasteiger partial charge in [0.25, 0.3) is 0 Å². The Morgan fingerprint density at radius 3 is 2.79 bits per heavy atom. The number of benzene rings is 2. The molecule has 0 bridgehead atoms. The van der Waals surface area contributed by atoms with Crippen LogP contribution < -0.4 is 4.74 Å². The lowest BCUT2D eigenvalue weighted by Gasteiger charge is -2.21. The molecule has 0 fully saturated rings. The van der Waals surface area contributed by atoms with Crippen molar-refractivity contribution in [3.63, 3.8) is 0 Å². The van der Waals surface area contributed by atoms with E-state index in [1.165, 1.54) is 21.8 Å². The Morgan fingerprint density at radius 1 is 1.12 bits per heavy atom. The molecule has 0 atom stereocenters. The molecule has 0 amide bonds. The Bertz CT molecular complexity index is 914. The van der Waals surface area contributed by atoms with Crippen LogP contribution in [0.1, 0.15) is 17.1 Å².